The average molecular weight is 877 g/mol. The molecule has 0 heterocycles. The summed E-state index contributed by atoms with van der Waals surface area (Å²) in [5, 5.41) is 0. The van der Waals surface area contributed by atoms with Crippen molar-refractivity contribution in [3.8, 4) is 0 Å². The minimum Gasteiger partial charge on any atom is -0.462 e. The maximum absolute atomic E-state index is 12.7. The third-order valence-electron chi connectivity index (χ3n) is 13.1. The van der Waals surface area contributed by atoms with Crippen molar-refractivity contribution < 1.29 is 28.6 Å². The Morgan fingerprint density at radius 1 is 0.339 bits per heavy atom. The first kappa shape index (κ1) is 60.4. The minimum atomic E-state index is -0.762. The van der Waals surface area contributed by atoms with E-state index in [4.69, 9.17) is 14.2 Å². The van der Waals surface area contributed by atoms with Crippen LogP contribution in [0.5, 0.6) is 0 Å². The average Bonchev–Trinajstić information content (AvgIpc) is 3.26. The Balaban J connectivity index is 4.15. The van der Waals surface area contributed by atoms with Gasteiger partial charge in [0.15, 0.2) is 6.10 Å². The van der Waals surface area contributed by atoms with Crippen LogP contribution in [-0.2, 0) is 28.6 Å². The Morgan fingerprint density at radius 3 is 0.919 bits per heavy atom. The number of carbonyl (C=O) groups excluding carboxylic acids is 3. The fourth-order valence-corrected chi connectivity index (χ4v) is 8.49. The lowest BCUT2D eigenvalue weighted by molar-refractivity contribution is -0.167. The molecule has 0 aliphatic rings. The van der Waals surface area contributed by atoms with E-state index in [1.807, 2.05) is 0 Å². The van der Waals surface area contributed by atoms with Crippen molar-refractivity contribution in [2.75, 3.05) is 13.2 Å². The van der Waals surface area contributed by atoms with Crippen molar-refractivity contribution in [3.05, 3.63) is 0 Å². The zero-order valence-electron chi connectivity index (χ0n) is 42.5. The smallest absolute Gasteiger partial charge is 0.306 e. The van der Waals surface area contributed by atoms with E-state index in [1.54, 1.807) is 0 Å². The second-order valence-corrected chi connectivity index (χ2v) is 19.9. The Bertz CT molecular complexity index is 949. The first-order chi connectivity index (χ1) is 30.3. The van der Waals surface area contributed by atoms with Crippen LogP contribution in [0.4, 0.5) is 0 Å². The monoisotopic (exact) mass is 877 g/mol. The van der Waals surface area contributed by atoms with Crippen LogP contribution in [0.25, 0.3) is 0 Å². The van der Waals surface area contributed by atoms with Gasteiger partial charge in [-0.05, 0) is 31.1 Å². The van der Waals surface area contributed by atoms with Crippen LogP contribution in [0.2, 0.25) is 0 Å². The van der Waals surface area contributed by atoms with Gasteiger partial charge in [0.05, 0.1) is 0 Å². The molecule has 0 aromatic rings. The predicted molar refractivity (Wildman–Crippen MR) is 266 cm³/mol. The largest absolute Gasteiger partial charge is 0.462 e. The van der Waals surface area contributed by atoms with E-state index in [-0.39, 0.29) is 31.1 Å². The summed E-state index contributed by atoms with van der Waals surface area (Å²) in [6.07, 6.45) is 51.1. The molecule has 0 spiro atoms. The topological polar surface area (TPSA) is 78.9 Å². The standard InChI is InChI=1S/C56H108O6/c1-6-8-9-10-11-12-13-20-24-27-30-36-41-46-54(57)60-49-53(62-56(59)48-43-38-33-32-34-39-44-51(3)4)50-61-55(58)47-42-37-31-28-25-22-19-17-15-14-16-18-21-23-26-29-35-40-45-52(5)7-2/h51-53H,6-50H2,1-5H3/t52?,53-/m0/s1. The molecule has 0 aliphatic heterocycles. The molecule has 0 aromatic carbocycles. The summed E-state index contributed by atoms with van der Waals surface area (Å²) < 4.78 is 16.8. The number of hydrogen-bond donors (Lipinski definition) is 0. The predicted octanol–water partition coefficient (Wildman–Crippen LogP) is 18.1. The highest BCUT2D eigenvalue weighted by Crippen LogP contribution is 2.18. The van der Waals surface area contributed by atoms with Crippen molar-refractivity contribution in [2.45, 2.75) is 317 Å². The fourth-order valence-electron chi connectivity index (χ4n) is 8.49. The maximum atomic E-state index is 12.7. The highest BCUT2D eigenvalue weighted by atomic mass is 16.6. The van der Waals surface area contributed by atoms with Crippen LogP contribution < -0.4 is 0 Å². The lowest BCUT2D eigenvalue weighted by Gasteiger charge is -2.18. The molecule has 0 aliphatic carbocycles. The van der Waals surface area contributed by atoms with Gasteiger partial charge in [0.1, 0.15) is 13.2 Å². The molecule has 2 atom stereocenters. The molecule has 0 saturated carbocycles. The summed E-state index contributed by atoms with van der Waals surface area (Å²) in [5.74, 6) is 0.819. The van der Waals surface area contributed by atoms with Gasteiger partial charge in [0.25, 0.3) is 0 Å². The molecule has 0 rings (SSSR count). The molecule has 6 heteroatoms. The third-order valence-corrected chi connectivity index (χ3v) is 13.1. The first-order valence-electron chi connectivity index (χ1n) is 27.8. The fraction of sp³-hybridized carbons (Fsp3) is 0.946. The van der Waals surface area contributed by atoms with Gasteiger partial charge in [-0.1, -0.05) is 272 Å². The molecule has 0 fully saturated rings. The zero-order chi connectivity index (χ0) is 45.4. The molecule has 0 N–H and O–H groups in total. The summed E-state index contributed by atoms with van der Waals surface area (Å²) in [5.41, 5.74) is 0. The van der Waals surface area contributed by atoms with E-state index in [9.17, 15) is 14.4 Å². The summed E-state index contributed by atoms with van der Waals surface area (Å²) in [6.45, 7) is 11.4. The van der Waals surface area contributed by atoms with E-state index in [0.29, 0.717) is 19.3 Å². The van der Waals surface area contributed by atoms with Gasteiger partial charge >= 0.3 is 17.9 Å². The van der Waals surface area contributed by atoms with Crippen molar-refractivity contribution in [1.29, 1.82) is 0 Å². The Labute approximate surface area is 387 Å². The summed E-state index contributed by atoms with van der Waals surface area (Å²) in [6, 6.07) is 0. The number of ether oxygens (including phenoxy) is 3. The van der Waals surface area contributed by atoms with E-state index in [0.717, 1.165) is 69.6 Å². The van der Waals surface area contributed by atoms with Crippen molar-refractivity contribution in [2.24, 2.45) is 11.8 Å². The zero-order valence-corrected chi connectivity index (χ0v) is 42.5. The van der Waals surface area contributed by atoms with Crippen molar-refractivity contribution in [1.82, 2.24) is 0 Å². The van der Waals surface area contributed by atoms with Crippen LogP contribution in [0.3, 0.4) is 0 Å². The molecule has 368 valence electrons. The highest BCUT2D eigenvalue weighted by molar-refractivity contribution is 5.71. The van der Waals surface area contributed by atoms with Crippen LogP contribution >= 0.6 is 0 Å². The van der Waals surface area contributed by atoms with Gasteiger partial charge in [-0.3, -0.25) is 14.4 Å². The number of hydrogen-bond acceptors (Lipinski definition) is 6. The van der Waals surface area contributed by atoms with E-state index in [1.165, 1.54) is 199 Å². The molecular weight excluding hydrogens is 769 g/mol. The SMILES string of the molecule is CCCCCCCCCCCCCCCC(=O)OC[C@@H](COC(=O)CCCCCCCCCCCCCCCCCCCCC(C)CC)OC(=O)CCCCCCCCC(C)C. The molecule has 0 radical (unpaired) electrons. The molecular formula is C56H108O6. The first-order valence-corrected chi connectivity index (χ1v) is 27.8. The lowest BCUT2D eigenvalue weighted by atomic mass is 9.99. The van der Waals surface area contributed by atoms with Gasteiger partial charge in [0, 0.05) is 19.3 Å². The Morgan fingerprint density at radius 2 is 0.613 bits per heavy atom. The molecule has 0 aromatic heterocycles. The molecule has 0 bridgehead atoms. The van der Waals surface area contributed by atoms with Crippen molar-refractivity contribution in [3.63, 3.8) is 0 Å². The van der Waals surface area contributed by atoms with Gasteiger partial charge < -0.3 is 14.2 Å². The highest BCUT2D eigenvalue weighted by Gasteiger charge is 2.19. The molecule has 6 nitrogen and oxygen atoms in total. The molecule has 62 heavy (non-hydrogen) atoms. The van der Waals surface area contributed by atoms with Gasteiger partial charge in [-0.15, -0.1) is 0 Å². The second kappa shape index (κ2) is 48.9. The second-order valence-electron chi connectivity index (χ2n) is 19.9. The van der Waals surface area contributed by atoms with Crippen LogP contribution in [-0.4, -0.2) is 37.2 Å². The van der Waals surface area contributed by atoms with Crippen LogP contribution in [0, 0.1) is 11.8 Å². The van der Waals surface area contributed by atoms with Gasteiger partial charge in [-0.2, -0.15) is 0 Å². The van der Waals surface area contributed by atoms with E-state index < -0.39 is 6.10 Å². The van der Waals surface area contributed by atoms with Gasteiger partial charge in [-0.25, -0.2) is 0 Å². The minimum absolute atomic E-state index is 0.0643. The summed E-state index contributed by atoms with van der Waals surface area (Å²) >= 11 is 0. The van der Waals surface area contributed by atoms with E-state index in [2.05, 4.69) is 34.6 Å². The molecule has 0 amide bonds. The van der Waals surface area contributed by atoms with Crippen LogP contribution in [0.15, 0.2) is 0 Å². The molecule has 0 saturated heterocycles. The number of rotatable bonds is 50. The summed E-state index contributed by atoms with van der Waals surface area (Å²) in [7, 11) is 0. The van der Waals surface area contributed by atoms with E-state index >= 15 is 0 Å². The maximum Gasteiger partial charge on any atom is 0.306 e. The molecule has 1 unspecified atom stereocenters. The summed E-state index contributed by atoms with van der Waals surface area (Å²) in [4.78, 5) is 37.9. The normalized spacial score (nSPS) is 12.5. The Hall–Kier alpha value is -1.59. The lowest BCUT2D eigenvalue weighted by Crippen LogP contribution is -2.30. The van der Waals surface area contributed by atoms with Gasteiger partial charge in [0.2, 0.25) is 0 Å². The van der Waals surface area contributed by atoms with Crippen molar-refractivity contribution >= 4 is 17.9 Å². The Kier molecular flexibility index (Phi) is 47.6. The number of esters is 3. The third kappa shape index (κ3) is 47.9. The van der Waals surface area contributed by atoms with Crippen LogP contribution in [0.1, 0.15) is 311 Å². The quantitative estimate of drug-likeness (QED) is 0.0344. The number of carbonyl (C=O) groups is 3. The number of unbranched alkanes of at least 4 members (excludes halogenated alkanes) is 34.